The normalized spacial score (nSPS) is 17.3. The lowest BCUT2D eigenvalue weighted by atomic mass is 9.81. The summed E-state index contributed by atoms with van der Waals surface area (Å²) in [6.45, 7) is -0.0161. The molecule has 0 saturated heterocycles. The van der Waals surface area contributed by atoms with Crippen LogP contribution in [0.4, 0.5) is 0 Å². The van der Waals surface area contributed by atoms with Crippen molar-refractivity contribution in [2.45, 2.75) is 29.8 Å². The van der Waals surface area contributed by atoms with Gasteiger partial charge in [-0.15, -0.1) is 0 Å². The highest BCUT2D eigenvalue weighted by Gasteiger charge is 2.35. The van der Waals surface area contributed by atoms with E-state index in [1.807, 2.05) is 0 Å². The Bertz CT molecular complexity index is 607. The molecular formula is C13H17NO5S. The zero-order chi connectivity index (χ0) is 14.8. The van der Waals surface area contributed by atoms with Gasteiger partial charge in [-0.05, 0) is 37.5 Å². The number of methoxy groups -OCH3 is 1. The van der Waals surface area contributed by atoms with Crippen molar-refractivity contribution < 1.29 is 23.1 Å². The molecule has 1 aliphatic rings. The predicted octanol–water partition coefficient (Wildman–Crippen LogP) is 0.666. The average molecular weight is 299 g/mol. The number of rotatable bonds is 5. The van der Waals surface area contributed by atoms with Gasteiger partial charge in [0.2, 0.25) is 10.0 Å². The maximum Gasteiger partial charge on any atom is 0.337 e. The third-order valence-corrected chi connectivity index (χ3v) is 4.84. The SMILES string of the molecule is COC(=O)c1cccc(S(=O)(=O)NCC2(O)CCC2)c1. The van der Waals surface area contributed by atoms with E-state index in [2.05, 4.69) is 9.46 Å². The third kappa shape index (κ3) is 3.17. The summed E-state index contributed by atoms with van der Waals surface area (Å²) >= 11 is 0. The topological polar surface area (TPSA) is 92.7 Å². The summed E-state index contributed by atoms with van der Waals surface area (Å²) in [5, 5.41) is 9.90. The summed E-state index contributed by atoms with van der Waals surface area (Å²) in [6, 6.07) is 5.59. The summed E-state index contributed by atoms with van der Waals surface area (Å²) in [5.74, 6) is -0.598. The molecule has 2 rings (SSSR count). The molecule has 1 aromatic carbocycles. The summed E-state index contributed by atoms with van der Waals surface area (Å²) in [4.78, 5) is 11.4. The van der Waals surface area contributed by atoms with Gasteiger partial charge in [0.15, 0.2) is 0 Å². The van der Waals surface area contributed by atoms with Crippen LogP contribution in [0.25, 0.3) is 0 Å². The number of sulfonamides is 1. The van der Waals surface area contributed by atoms with Gasteiger partial charge in [-0.3, -0.25) is 0 Å². The number of nitrogens with one attached hydrogen (secondary N) is 1. The van der Waals surface area contributed by atoms with E-state index in [-0.39, 0.29) is 17.0 Å². The first kappa shape index (κ1) is 15.0. The van der Waals surface area contributed by atoms with Crippen LogP contribution in [0.1, 0.15) is 29.6 Å². The number of carbonyl (C=O) groups excluding carboxylic acids is 1. The third-order valence-electron chi connectivity index (χ3n) is 3.44. The van der Waals surface area contributed by atoms with Crippen molar-refractivity contribution in [2.75, 3.05) is 13.7 Å². The first-order chi connectivity index (χ1) is 9.36. The lowest BCUT2D eigenvalue weighted by molar-refractivity contribution is -0.0271. The zero-order valence-electron chi connectivity index (χ0n) is 11.1. The Kier molecular flexibility index (Phi) is 4.12. The molecule has 1 saturated carbocycles. The van der Waals surface area contributed by atoms with E-state index in [0.29, 0.717) is 12.8 Å². The van der Waals surface area contributed by atoms with Gasteiger partial charge in [-0.1, -0.05) is 6.07 Å². The van der Waals surface area contributed by atoms with E-state index in [4.69, 9.17) is 0 Å². The summed E-state index contributed by atoms with van der Waals surface area (Å²) in [7, 11) is -2.52. The first-order valence-electron chi connectivity index (χ1n) is 6.27. The van der Waals surface area contributed by atoms with Crippen LogP contribution in [-0.4, -0.2) is 38.7 Å². The van der Waals surface area contributed by atoms with Crippen molar-refractivity contribution in [3.05, 3.63) is 29.8 Å². The summed E-state index contributed by atoms with van der Waals surface area (Å²) < 4.78 is 31.1. The number of carbonyl (C=O) groups is 1. The van der Waals surface area contributed by atoms with E-state index >= 15 is 0 Å². The van der Waals surface area contributed by atoms with E-state index in [9.17, 15) is 18.3 Å². The Balaban J connectivity index is 2.14. The molecule has 0 aliphatic heterocycles. The largest absolute Gasteiger partial charge is 0.465 e. The molecule has 0 aromatic heterocycles. The molecule has 0 bridgehead atoms. The fourth-order valence-electron chi connectivity index (χ4n) is 1.98. The van der Waals surface area contributed by atoms with Crippen LogP contribution in [0.5, 0.6) is 0 Å². The quantitative estimate of drug-likeness (QED) is 0.779. The maximum absolute atomic E-state index is 12.1. The van der Waals surface area contributed by atoms with E-state index in [1.54, 1.807) is 0 Å². The molecule has 1 aromatic rings. The highest BCUT2D eigenvalue weighted by atomic mass is 32.2. The lowest BCUT2D eigenvalue weighted by Crippen LogP contribution is -2.47. The van der Waals surface area contributed by atoms with Gasteiger partial charge in [0.05, 0.1) is 23.2 Å². The summed E-state index contributed by atoms with van der Waals surface area (Å²) in [6.07, 6.45) is 2.09. The van der Waals surface area contributed by atoms with Crippen LogP contribution in [0.15, 0.2) is 29.2 Å². The molecule has 0 spiro atoms. The van der Waals surface area contributed by atoms with E-state index in [1.165, 1.54) is 31.4 Å². The molecule has 0 unspecified atom stereocenters. The van der Waals surface area contributed by atoms with Gasteiger partial charge >= 0.3 is 5.97 Å². The molecule has 110 valence electrons. The van der Waals surface area contributed by atoms with Crippen LogP contribution in [0.3, 0.4) is 0 Å². The fourth-order valence-corrected chi connectivity index (χ4v) is 3.15. The van der Waals surface area contributed by atoms with Crippen molar-refractivity contribution in [2.24, 2.45) is 0 Å². The highest BCUT2D eigenvalue weighted by Crippen LogP contribution is 2.31. The number of hydrogen-bond donors (Lipinski definition) is 2. The first-order valence-corrected chi connectivity index (χ1v) is 7.75. The van der Waals surface area contributed by atoms with Crippen molar-refractivity contribution in [1.82, 2.24) is 4.72 Å². The second-order valence-corrected chi connectivity index (χ2v) is 6.69. The zero-order valence-corrected chi connectivity index (χ0v) is 11.9. The van der Waals surface area contributed by atoms with Crippen LogP contribution >= 0.6 is 0 Å². The Hall–Kier alpha value is -1.44. The van der Waals surface area contributed by atoms with Crippen LogP contribution in [0, 0.1) is 0 Å². The van der Waals surface area contributed by atoms with Gasteiger partial charge in [0.1, 0.15) is 0 Å². The number of ether oxygens (including phenoxy) is 1. The average Bonchev–Trinajstić information content (AvgIpc) is 2.42. The molecule has 1 aliphatic carbocycles. The molecule has 1 fully saturated rings. The van der Waals surface area contributed by atoms with Crippen LogP contribution in [0.2, 0.25) is 0 Å². The molecule has 6 nitrogen and oxygen atoms in total. The monoisotopic (exact) mass is 299 g/mol. The highest BCUT2D eigenvalue weighted by molar-refractivity contribution is 7.89. The molecular weight excluding hydrogens is 282 g/mol. The number of esters is 1. The van der Waals surface area contributed by atoms with E-state index in [0.717, 1.165) is 6.42 Å². The lowest BCUT2D eigenvalue weighted by Gasteiger charge is -2.36. The minimum absolute atomic E-state index is 0.0161. The standard InChI is InChI=1S/C13H17NO5S/c1-19-12(15)10-4-2-5-11(8-10)20(17,18)14-9-13(16)6-3-7-13/h2,4-5,8,14,16H,3,6-7,9H2,1H3. The van der Waals surface area contributed by atoms with Gasteiger partial charge in [0, 0.05) is 6.54 Å². The number of benzene rings is 1. The second kappa shape index (κ2) is 5.51. The van der Waals surface area contributed by atoms with Gasteiger partial charge in [-0.2, -0.15) is 0 Å². The van der Waals surface area contributed by atoms with Crippen molar-refractivity contribution >= 4 is 16.0 Å². The predicted molar refractivity (Wildman–Crippen MR) is 71.8 cm³/mol. The van der Waals surface area contributed by atoms with Crippen molar-refractivity contribution in [1.29, 1.82) is 0 Å². The summed E-state index contributed by atoms with van der Waals surface area (Å²) in [5.41, 5.74) is -0.773. The molecule has 0 atom stereocenters. The fraction of sp³-hybridized carbons (Fsp3) is 0.462. The minimum atomic E-state index is -3.75. The Morgan fingerprint density at radius 2 is 2.15 bits per heavy atom. The molecule has 0 amide bonds. The van der Waals surface area contributed by atoms with Crippen molar-refractivity contribution in [3.8, 4) is 0 Å². The number of hydrogen-bond acceptors (Lipinski definition) is 5. The second-order valence-electron chi connectivity index (χ2n) is 4.92. The Morgan fingerprint density at radius 1 is 1.45 bits per heavy atom. The Morgan fingerprint density at radius 3 is 2.70 bits per heavy atom. The molecule has 20 heavy (non-hydrogen) atoms. The van der Waals surface area contributed by atoms with Crippen molar-refractivity contribution in [3.63, 3.8) is 0 Å². The minimum Gasteiger partial charge on any atom is -0.465 e. The van der Waals surface area contributed by atoms with Crippen LogP contribution < -0.4 is 4.72 Å². The maximum atomic E-state index is 12.1. The molecule has 0 heterocycles. The van der Waals surface area contributed by atoms with Gasteiger partial charge in [0.25, 0.3) is 0 Å². The van der Waals surface area contributed by atoms with E-state index < -0.39 is 21.6 Å². The van der Waals surface area contributed by atoms with Crippen LogP contribution in [-0.2, 0) is 14.8 Å². The molecule has 2 N–H and O–H groups in total. The molecule has 0 radical (unpaired) electrons. The Labute approximate surface area is 117 Å². The smallest absolute Gasteiger partial charge is 0.337 e. The van der Waals surface area contributed by atoms with Gasteiger partial charge < -0.3 is 9.84 Å². The number of aliphatic hydroxyl groups is 1. The molecule has 7 heteroatoms. The van der Waals surface area contributed by atoms with Gasteiger partial charge in [-0.25, -0.2) is 17.9 Å².